The highest BCUT2D eigenvalue weighted by atomic mass is 79.9. The number of benzene rings is 6. The third-order valence-corrected chi connectivity index (χ3v) is 12.4. The highest BCUT2D eigenvalue weighted by Gasteiger charge is 2.20. The molecule has 0 spiro atoms. The number of rotatable bonds is 9. The summed E-state index contributed by atoms with van der Waals surface area (Å²) in [6.07, 6.45) is 5.37. The molecule has 3 aromatic heterocycles. The summed E-state index contributed by atoms with van der Waals surface area (Å²) in [7, 11) is 0. The second-order valence-corrected chi connectivity index (χ2v) is 17.0. The number of esters is 1. The van der Waals surface area contributed by atoms with Crippen LogP contribution in [0.2, 0.25) is 0 Å². The molecule has 0 aliphatic rings. The van der Waals surface area contributed by atoms with Gasteiger partial charge in [0.2, 0.25) is 0 Å². The topological polar surface area (TPSA) is 65.0 Å². The molecule has 0 amide bonds. The molecule has 0 bridgehead atoms. The number of nitrogens with zero attached hydrogens (tertiary/aromatic N) is 3. The van der Waals surface area contributed by atoms with E-state index in [1.807, 2.05) is 104 Å². The summed E-state index contributed by atoms with van der Waals surface area (Å²) in [5.41, 5.74) is 14.7. The maximum Gasteiger partial charge on any atom is 0.343 e. The van der Waals surface area contributed by atoms with Crippen molar-refractivity contribution < 1.29 is 9.53 Å². The first kappa shape index (κ1) is 40.1. The van der Waals surface area contributed by atoms with Crippen LogP contribution in [0.3, 0.4) is 0 Å². The van der Waals surface area contributed by atoms with Gasteiger partial charge in [0.05, 0.1) is 27.1 Å². The van der Waals surface area contributed by atoms with Crippen LogP contribution in [-0.4, -0.2) is 20.9 Å². The first-order valence-corrected chi connectivity index (χ1v) is 21.9. The molecule has 6 aromatic carbocycles. The first-order chi connectivity index (χ1) is 29.8. The average Bonchev–Trinajstić information content (AvgIpc) is 3.30. The Kier molecular flexibility index (Phi) is 11.7. The standard InChI is InChI=1S/C53H34Br3N3O2/c1-33-11-10-26-59-52(33)36-20-23-51(48(56)32-36)61-53(60)39-28-37(40-12-2-4-14-42(40)44-21-18-34(30-46(44)54)49-16-6-8-24-57-49)27-38(29-39)41-13-3-5-15-43(41)45-22-19-35(31-47(45)55)50-17-7-9-25-58-50/h2-32H,1H3. The van der Waals surface area contributed by atoms with Crippen LogP contribution in [0.15, 0.2) is 202 Å². The van der Waals surface area contributed by atoms with E-state index in [0.29, 0.717) is 15.8 Å². The largest absolute Gasteiger partial charge is 0.422 e. The Hall–Kier alpha value is -6.32. The number of carbonyl (C=O) groups excluding carboxylic acids is 1. The fourth-order valence-corrected chi connectivity index (χ4v) is 9.17. The van der Waals surface area contributed by atoms with Crippen molar-refractivity contribution in [2.45, 2.75) is 6.92 Å². The summed E-state index contributed by atoms with van der Waals surface area (Å²) in [5, 5.41) is 0. The lowest BCUT2D eigenvalue weighted by molar-refractivity contribution is 0.0733. The summed E-state index contributed by atoms with van der Waals surface area (Å²) in [4.78, 5) is 28.1. The molecule has 9 rings (SSSR count). The van der Waals surface area contributed by atoms with Crippen LogP contribution in [0.5, 0.6) is 5.75 Å². The number of pyridine rings is 3. The van der Waals surface area contributed by atoms with E-state index in [4.69, 9.17) is 4.74 Å². The zero-order valence-corrected chi connectivity index (χ0v) is 37.4. The molecule has 0 saturated carbocycles. The molecule has 0 aliphatic heterocycles. The minimum absolute atomic E-state index is 0.405. The summed E-state index contributed by atoms with van der Waals surface area (Å²) < 4.78 is 8.68. The number of aromatic nitrogens is 3. The molecule has 0 N–H and O–H groups in total. The Balaban J connectivity index is 1.16. The first-order valence-electron chi connectivity index (χ1n) is 19.5. The van der Waals surface area contributed by atoms with Crippen molar-refractivity contribution in [1.82, 2.24) is 15.0 Å². The molecule has 3 heterocycles. The second-order valence-electron chi connectivity index (χ2n) is 14.4. The molecule has 61 heavy (non-hydrogen) atoms. The lowest BCUT2D eigenvalue weighted by Gasteiger charge is -2.17. The van der Waals surface area contributed by atoms with Crippen molar-refractivity contribution >= 4 is 53.8 Å². The van der Waals surface area contributed by atoms with E-state index in [9.17, 15) is 4.79 Å². The van der Waals surface area contributed by atoms with Crippen molar-refractivity contribution in [3.8, 4) is 84.0 Å². The monoisotopic (exact) mass is 981 g/mol. The lowest BCUT2D eigenvalue weighted by atomic mass is 9.88. The van der Waals surface area contributed by atoms with E-state index in [-0.39, 0.29) is 0 Å². The summed E-state index contributed by atoms with van der Waals surface area (Å²) in [6.45, 7) is 2.02. The molecule has 0 atom stereocenters. The van der Waals surface area contributed by atoms with Gasteiger partial charge in [-0.1, -0.05) is 123 Å². The Morgan fingerprint density at radius 1 is 0.426 bits per heavy atom. The van der Waals surface area contributed by atoms with Crippen LogP contribution >= 0.6 is 47.8 Å². The van der Waals surface area contributed by atoms with Crippen LogP contribution in [-0.2, 0) is 0 Å². The summed E-state index contributed by atoms with van der Waals surface area (Å²) >= 11 is 11.5. The Labute approximate surface area is 379 Å². The van der Waals surface area contributed by atoms with Crippen LogP contribution in [0.4, 0.5) is 0 Å². The minimum atomic E-state index is -0.484. The number of hydrogen-bond donors (Lipinski definition) is 0. The molecular weight excluding hydrogens is 950 g/mol. The van der Waals surface area contributed by atoms with Crippen molar-refractivity contribution in [1.29, 1.82) is 0 Å². The number of aryl methyl sites for hydroxylation is 1. The zero-order chi connectivity index (χ0) is 41.9. The maximum absolute atomic E-state index is 14.4. The highest BCUT2D eigenvalue weighted by molar-refractivity contribution is 9.11. The zero-order valence-electron chi connectivity index (χ0n) is 32.7. The Morgan fingerprint density at radius 2 is 0.918 bits per heavy atom. The SMILES string of the molecule is Cc1cccnc1-c1ccc(OC(=O)c2cc(-c3ccccc3-c3ccc(-c4ccccn4)cc3Br)cc(-c3ccccc3-c3ccc(-c4ccccn4)cc3Br)c2)c(Br)c1. The van der Waals surface area contributed by atoms with Crippen LogP contribution in [0, 0.1) is 6.92 Å². The van der Waals surface area contributed by atoms with Crippen molar-refractivity contribution in [2.75, 3.05) is 0 Å². The maximum atomic E-state index is 14.4. The summed E-state index contributed by atoms with van der Waals surface area (Å²) in [6, 6.07) is 56.5. The van der Waals surface area contributed by atoms with Crippen LogP contribution in [0.1, 0.15) is 15.9 Å². The smallest absolute Gasteiger partial charge is 0.343 e. The average molecular weight is 985 g/mol. The van der Waals surface area contributed by atoms with Gasteiger partial charge in [-0.15, -0.1) is 0 Å². The highest BCUT2D eigenvalue weighted by Crippen LogP contribution is 2.43. The van der Waals surface area contributed by atoms with Crippen molar-refractivity contribution in [3.63, 3.8) is 0 Å². The number of halogens is 3. The quantitative estimate of drug-likeness (QED) is 0.106. The van der Waals surface area contributed by atoms with E-state index in [1.165, 1.54) is 0 Å². The van der Waals surface area contributed by atoms with E-state index in [2.05, 4.69) is 129 Å². The van der Waals surface area contributed by atoms with Gasteiger partial charge in [0.25, 0.3) is 0 Å². The van der Waals surface area contributed by atoms with Crippen molar-refractivity contribution in [2.24, 2.45) is 0 Å². The van der Waals surface area contributed by atoms with Crippen LogP contribution < -0.4 is 4.74 Å². The molecule has 8 heteroatoms. The van der Waals surface area contributed by atoms with Gasteiger partial charge >= 0.3 is 5.97 Å². The predicted molar refractivity (Wildman–Crippen MR) is 257 cm³/mol. The Bertz CT molecular complexity index is 2930. The van der Waals surface area contributed by atoms with Gasteiger partial charge in [-0.3, -0.25) is 15.0 Å². The predicted octanol–water partition coefficient (Wildman–Crippen LogP) is 15.4. The molecule has 0 unspecified atom stereocenters. The third kappa shape index (κ3) is 8.53. The molecule has 0 aliphatic carbocycles. The van der Waals surface area contributed by atoms with E-state index in [1.54, 1.807) is 24.7 Å². The molecule has 5 nitrogen and oxygen atoms in total. The van der Waals surface area contributed by atoms with Gasteiger partial charge in [-0.05, 0) is 152 Å². The molecule has 0 radical (unpaired) electrons. The molecular formula is C53H34Br3N3O2. The summed E-state index contributed by atoms with van der Waals surface area (Å²) in [5.74, 6) is -0.0775. The lowest BCUT2D eigenvalue weighted by Crippen LogP contribution is -2.09. The molecule has 0 saturated heterocycles. The fourth-order valence-electron chi connectivity index (χ4n) is 7.53. The molecule has 9 aromatic rings. The third-order valence-electron chi connectivity index (χ3n) is 10.5. The van der Waals surface area contributed by atoms with Crippen LogP contribution in [0.25, 0.3) is 78.3 Å². The van der Waals surface area contributed by atoms with E-state index in [0.717, 1.165) is 92.8 Å². The van der Waals surface area contributed by atoms with Gasteiger partial charge in [-0.2, -0.15) is 0 Å². The van der Waals surface area contributed by atoms with E-state index >= 15 is 0 Å². The van der Waals surface area contributed by atoms with Gasteiger partial charge in [0.15, 0.2) is 0 Å². The van der Waals surface area contributed by atoms with Crippen molar-refractivity contribution in [3.05, 3.63) is 213 Å². The minimum Gasteiger partial charge on any atom is -0.422 e. The second kappa shape index (κ2) is 17.7. The fraction of sp³-hybridized carbons (Fsp3) is 0.0189. The van der Waals surface area contributed by atoms with Gasteiger partial charge in [0, 0.05) is 44.2 Å². The Morgan fingerprint density at radius 3 is 1.41 bits per heavy atom. The molecule has 294 valence electrons. The molecule has 0 fully saturated rings. The van der Waals surface area contributed by atoms with Gasteiger partial charge in [-0.25, -0.2) is 4.79 Å². The van der Waals surface area contributed by atoms with E-state index < -0.39 is 5.97 Å². The normalized spacial score (nSPS) is 11.0. The number of ether oxygens (including phenoxy) is 1. The number of hydrogen-bond acceptors (Lipinski definition) is 5. The van der Waals surface area contributed by atoms with Gasteiger partial charge in [0.1, 0.15) is 5.75 Å². The number of carbonyl (C=O) groups is 1. The van der Waals surface area contributed by atoms with Gasteiger partial charge < -0.3 is 4.74 Å².